The molecule has 0 unspecified atom stereocenters. The Morgan fingerprint density at radius 3 is 2.59 bits per heavy atom. The molecule has 0 bridgehead atoms. The third-order valence-electron chi connectivity index (χ3n) is 2.44. The maximum absolute atomic E-state index is 12.1. The van der Waals surface area contributed by atoms with Gasteiger partial charge < -0.3 is 15.0 Å². The number of aliphatic hydroxyl groups is 1. The lowest BCUT2D eigenvalue weighted by Crippen LogP contribution is -2.42. The Balaban J connectivity index is 2.79. The summed E-state index contributed by atoms with van der Waals surface area (Å²) in [7, 11) is 0. The van der Waals surface area contributed by atoms with Crippen LogP contribution in [0.4, 0.5) is 0 Å². The second-order valence-electron chi connectivity index (χ2n) is 4.73. The predicted octanol–water partition coefficient (Wildman–Crippen LogP) is 1.21. The van der Waals surface area contributed by atoms with Gasteiger partial charge in [-0.2, -0.15) is 0 Å². The first-order valence-electron chi connectivity index (χ1n) is 5.93. The van der Waals surface area contributed by atoms with Gasteiger partial charge in [0.05, 0.1) is 11.8 Å². The van der Waals surface area contributed by atoms with Crippen molar-refractivity contribution in [3.05, 3.63) is 17.7 Å². The lowest BCUT2D eigenvalue weighted by Gasteiger charge is -2.27. The number of H-pyrrole nitrogens is 1. The van der Waals surface area contributed by atoms with Gasteiger partial charge in [-0.25, -0.2) is 4.98 Å². The molecule has 1 aromatic heterocycles. The number of aromatic nitrogens is 2. The van der Waals surface area contributed by atoms with Crippen molar-refractivity contribution in [3.63, 3.8) is 0 Å². The van der Waals surface area contributed by atoms with Crippen LogP contribution in [0.25, 0.3) is 0 Å². The highest BCUT2D eigenvalue weighted by molar-refractivity contribution is 5.92. The zero-order valence-electron chi connectivity index (χ0n) is 10.9. The van der Waals surface area contributed by atoms with Crippen LogP contribution >= 0.6 is 0 Å². The number of carbonyl (C=O) groups is 1. The van der Waals surface area contributed by atoms with Crippen molar-refractivity contribution in [3.8, 4) is 0 Å². The molecule has 5 nitrogen and oxygen atoms in total. The van der Waals surface area contributed by atoms with E-state index in [1.54, 1.807) is 24.9 Å². The molecule has 1 heterocycles. The summed E-state index contributed by atoms with van der Waals surface area (Å²) in [6.45, 7) is 8.11. The second-order valence-corrected chi connectivity index (χ2v) is 4.73. The number of nitrogens with zero attached hydrogens (tertiary/aromatic N) is 2. The fourth-order valence-corrected chi connectivity index (χ4v) is 1.62. The van der Waals surface area contributed by atoms with Crippen molar-refractivity contribution in [1.82, 2.24) is 14.9 Å². The topological polar surface area (TPSA) is 69.2 Å². The van der Waals surface area contributed by atoms with Crippen molar-refractivity contribution in [2.24, 2.45) is 0 Å². The molecule has 0 spiro atoms. The average molecular weight is 239 g/mol. The molecule has 0 atom stereocenters. The fraction of sp³-hybridized carbons (Fsp3) is 0.667. The number of aromatic amines is 1. The highest BCUT2D eigenvalue weighted by Gasteiger charge is 2.23. The summed E-state index contributed by atoms with van der Waals surface area (Å²) in [4.78, 5) is 20.8. The van der Waals surface area contributed by atoms with Gasteiger partial charge in [-0.05, 0) is 20.8 Å². The summed E-state index contributed by atoms with van der Waals surface area (Å²) in [5.74, 6) is 0.675. The molecule has 0 radical (unpaired) electrons. The quantitative estimate of drug-likeness (QED) is 0.811. The molecule has 1 rings (SSSR count). The molecule has 0 saturated carbocycles. The van der Waals surface area contributed by atoms with Gasteiger partial charge in [0.25, 0.3) is 5.91 Å². The molecule has 0 aliphatic heterocycles. The van der Waals surface area contributed by atoms with Gasteiger partial charge >= 0.3 is 0 Å². The number of nitrogens with one attached hydrogen (secondary N) is 1. The zero-order chi connectivity index (χ0) is 13.1. The van der Waals surface area contributed by atoms with E-state index in [4.69, 9.17) is 0 Å². The van der Waals surface area contributed by atoms with E-state index in [9.17, 15) is 9.90 Å². The van der Waals surface area contributed by atoms with Gasteiger partial charge in [0.2, 0.25) is 0 Å². The molecule has 0 aliphatic rings. The molecule has 17 heavy (non-hydrogen) atoms. The van der Waals surface area contributed by atoms with Gasteiger partial charge in [0.15, 0.2) is 0 Å². The predicted molar refractivity (Wildman–Crippen MR) is 65.8 cm³/mol. The fourth-order valence-electron chi connectivity index (χ4n) is 1.62. The minimum absolute atomic E-state index is 0.123. The van der Waals surface area contributed by atoms with Crippen molar-refractivity contribution in [1.29, 1.82) is 0 Å². The average Bonchev–Trinajstić information content (AvgIpc) is 2.72. The van der Waals surface area contributed by atoms with Crippen LogP contribution < -0.4 is 0 Å². The number of hydrogen-bond acceptors (Lipinski definition) is 3. The summed E-state index contributed by atoms with van der Waals surface area (Å²) in [5.41, 5.74) is -0.410. The Bertz CT molecular complexity index is 379. The molecule has 96 valence electrons. The summed E-state index contributed by atoms with van der Waals surface area (Å²) >= 11 is 0. The molecule has 5 heteroatoms. The first kappa shape index (κ1) is 13.7. The first-order valence-corrected chi connectivity index (χ1v) is 5.93. The van der Waals surface area contributed by atoms with E-state index in [0.29, 0.717) is 18.8 Å². The molecule has 2 N–H and O–H groups in total. The van der Waals surface area contributed by atoms with Gasteiger partial charge in [0, 0.05) is 19.5 Å². The second kappa shape index (κ2) is 5.31. The Hall–Kier alpha value is -1.36. The van der Waals surface area contributed by atoms with E-state index in [-0.39, 0.29) is 5.91 Å². The van der Waals surface area contributed by atoms with Gasteiger partial charge in [-0.15, -0.1) is 0 Å². The summed E-state index contributed by atoms with van der Waals surface area (Å²) in [6.07, 6.45) is 2.32. The van der Waals surface area contributed by atoms with Crippen LogP contribution in [0.1, 0.15) is 44.0 Å². The zero-order valence-corrected chi connectivity index (χ0v) is 10.9. The van der Waals surface area contributed by atoms with E-state index in [1.807, 2.05) is 13.8 Å². The molecule has 0 aromatic carbocycles. The molecule has 1 amide bonds. The molecule has 0 aliphatic carbocycles. The van der Waals surface area contributed by atoms with Gasteiger partial charge in [-0.1, -0.05) is 6.92 Å². The van der Waals surface area contributed by atoms with Gasteiger partial charge in [0.1, 0.15) is 11.5 Å². The number of hydrogen-bond donors (Lipinski definition) is 2. The first-order chi connectivity index (χ1) is 7.87. The Labute approximate surface area is 102 Å². The molecule has 0 saturated heterocycles. The molecular weight excluding hydrogens is 218 g/mol. The van der Waals surface area contributed by atoms with Crippen LogP contribution in [0, 0.1) is 0 Å². The van der Waals surface area contributed by atoms with Crippen LogP contribution in [0.3, 0.4) is 0 Å². The minimum atomic E-state index is -0.890. The van der Waals surface area contributed by atoms with E-state index in [0.717, 1.165) is 12.2 Å². The van der Waals surface area contributed by atoms with Crippen molar-refractivity contribution in [2.45, 2.75) is 39.7 Å². The number of carbonyl (C=O) groups excluding carboxylic acids is 1. The van der Waals surface area contributed by atoms with Crippen molar-refractivity contribution < 1.29 is 9.90 Å². The Morgan fingerprint density at radius 2 is 2.18 bits per heavy atom. The van der Waals surface area contributed by atoms with E-state index >= 15 is 0 Å². The maximum Gasteiger partial charge on any atom is 0.272 e. The number of imidazole rings is 1. The lowest BCUT2D eigenvalue weighted by atomic mass is 10.1. The monoisotopic (exact) mass is 239 g/mol. The third-order valence-corrected chi connectivity index (χ3v) is 2.44. The standard InChI is InChI=1S/C12H21N3O2/c1-5-10-13-7-9(14-10)11(16)15(6-2)8-12(3,4)17/h7,17H,5-6,8H2,1-4H3,(H,13,14). The smallest absolute Gasteiger partial charge is 0.272 e. The van der Waals surface area contributed by atoms with Crippen LogP contribution in [0.15, 0.2) is 6.20 Å². The number of rotatable bonds is 5. The minimum Gasteiger partial charge on any atom is -0.389 e. The highest BCUT2D eigenvalue weighted by Crippen LogP contribution is 2.09. The van der Waals surface area contributed by atoms with Crippen LogP contribution in [0.2, 0.25) is 0 Å². The summed E-state index contributed by atoms with van der Waals surface area (Å²) in [6, 6.07) is 0. The number of likely N-dealkylation sites (N-methyl/N-ethyl adjacent to an activating group) is 1. The maximum atomic E-state index is 12.1. The van der Waals surface area contributed by atoms with Crippen molar-refractivity contribution in [2.75, 3.05) is 13.1 Å². The van der Waals surface area contributed by atoms with E-state index in [2.05, 4.69) is 9.97 Å². The summed E-state index contributed by atoms with van der Waals surface area (Å²) in [5, 5.41) is 9.75. The van der Waals surface area contributed by atoms with E-state index in [1.165, 1.54) is 0 Å². The SMILES string of the molecule is CCc1ncc(C(=O)N(CC)CC(C)(C)O)[nH]1. The van der Waals surface area contributed by atoms with E-state index < -0.39 is 5.60 Å². The third kappa shape index (κ3) is 3.85. The normalized spacial score (nSPS) is 11.6. The molecule has 1 aromatic rings. The molecular formula is C12H21N3O2. The van der Waals surface area contributed by atoms with Crippen LogP contribution in [-0.4, -0.2) is 44.6 Å². The highest BCUT2D eigenvalue weighted by atomic mass is 16.3. The number of aryl methyl sites for hydroxylation is 1. The van der Waals surface area contributed by atoms with Crippen LogP contribution in [-0.2, 0) is 6.42 Å². The van der Waals surface area contributed by atoms with Crippen LogP contribution in [0.5, 0.6) is 0 Å². The molecule has 0 fully saturated rings. The van der Waals surface area contributed by atoms with Crippen molar-refractivity contribution >= 4 is 5.91 Å². The Morgan fingerprint density at radius 1 is 1.53 bits per heavy atom. The lowest BCUT2D eigenvalue weighted by molar-refractivity contribution is 0.0312. The number of amides is 1. The largest absolute Gasteiger partial charge is 0.389 e. The summed E-state index contributed by atoms with van der Waals surface area (Å²) < 4.78 is 0. The van der Waals surface area contributed by atoms with Gasteiger partial charge in [-0.3, -0.25) is 4.79 Å². The Kier molecular flexibility index (Phi) is 4.28.